The van der Waals surface area contributed by atoms with Gasteiger partial charge in [0.2, 0.25) is 5.91 Å². The van der Waals surface area contributed by atoms with Crippen LogP contribution in [0.1, 0.15) is 6.42 Å². The van der Waals surface area contributed by atoms with Gasteiger partial charge in [-0.15, -0.1) is 18.2 Å². The van der Waals surface area contributed by atoms with Gasteiger partial charge < -0.3 is 9.30 Å². The number of amides is 1. The molecule has 1 heterocycles. The lowest BCUT2D eigenvalue weighted by Crippen LogP contribution is -2.16. The molecule has 0 aliphatic heterocycles. The minimum absolute atomic E-state index is 0.141. The Hall–Kier alpha value is -2.49. The van der Waals surface area contributed by atoms with Gasteiger partial charge in [-0.1, -0.05) is 35.5 Å². The largest absolute Gasteiger partial charge is 0.497 e. The molecule has 0 saturated heterocycles. The molecule has 3 aromatic rings. The number of methoxy groups -OCH3 is 1. The van der Waals surface area contributed by atoms with Crippen molar-refractivity contribution in [2.45, 2.75) is 17.9 Å². The highest BCUT2D eigenvalue weighted by atomic mass is 32.2. The zero-order chi connectivity index (χ0) is 18.4. The van der Waals surface area contributed by atoms with E-state index in [2.05, 4.69) is 10.9 Å². The summed E-state index contributed by atoms with van der Waals surface area (Å²) >= 11 is 3.10. The maximum absolute atomic E-state index is 12.3. The number of benzene rings is 2. The van der Waals surface area contributed by atoms with Crippen LogP contribution in [0.25, 0.3) is 10.2 Å². The Bertz CT molecular complexity index is 1010. The van der Waals surface area contributed by atoms with Crippen molar-refractivity contribution in [3.8, 4) is 18.1 Å². The maximum Gasteiger partial charge on any atom is 0.249 e. The Balaban J connectivity index is 1.80. The van der Waals surface area contributed by atoms with Gasteiger partial charge in [-0.05, 0) is 30.3 Å². The lowest BCUT2D eigenvalue weighted by atomic mass is 10.3. The van der Waals surface area contributed by atoms with Crippen LogP contribution >= 0.6 is 23.1 Å². The topological polar surface area (TPSA) is 43.6 Å². The minimum atomic E-state index is -0.141. The first-order valence-electron chi connectivity index (χ1n) is 8.07. The van der Waals surface area contributed by atoms with Crippen molar-refractivity contribution in [3.63, 3.8) is 0 Å². The summed E-state index contributed by atoms with van der Waals surface area (Å²) in [5, 5.41) is 0. The van der Waals surface area contributed by atoms with Gasteiger partial charge in [-0.3, -0.25) is 4.79 Å². The Labute approximate surface area is 160 Å². The monoisotopic (exact) mass is 382 g/mol. The van der Waals surface area contributed by atoms with E-state index in [1.54, 1.807) is 18.9 Å². The number of terminal acetylenes is 1. The summed E-state index contributed by atoms with van der Waals surface area (Å²) in [6, 6.07) is 15.8. The van der Waals surface area contributed by atoms with Gasteiger partial charge in [0.15, 0.2) is 4.80 Å². The minimum Gasteiger partial charge on any atom is -0.497 e. The van der Waals surface area contributed by atoms with E-state index in [1.807, 2.05) is 53.1 Å². The van der Waals surface area contributed by atoms with Gasteiger partial charge in [0.25, 0.3) is 0 Å². The summed E-state index contributed by atoms with van der Waals surface area (Å²) in [5.74, 6) is 3.95. The highest BCUT2D eigenvalue weighted by molar-refractivity contribution is 7.99. The average Bonchev–Trinajstić information content (AvgIpc) is 2.99. The smallest absolute Gasteiger partial charge is 0.249 e. The third-order valence-corrected chi connectivity index (χ3v) is 5.74. The van der Waals surface area contributed by atoms with E-state index in [0.717, 1.165) is 20.9 Å². The molecule has 0 bridgehead atoms. The lowest BCUT2D eigenvalue weighted by molar-refractivity contribution is -0.117. The molecule has 4 nitrogen and oxygen atoms in total. The predicted molar refractivity (Wildman–Crippen MR) is 108 cm³/mol. The summed E-state index contributed by atoms with van der Waals surface area (Å²) in [4.78, 5) is 18.4. The van der Waals surface area contributed by atoms with Crippen LogP contribution in [0.5, 0.6) is 5.75 Å². The van der Waals surface area contributed by atoms with Crippen molar-refractivity contribution in [1.29, 1.82) is 0 Å². The molecular formula is C20H18N2O2S2. The van der Waals surface area contributed by atoms with Crippen molar-refractivity contribution < 1.29 is 9.53 Å². The molecule has 0 atom stereocenters. The van der Waals surface area contributed by atoms with Crippen LogP contribution in [0, 0.1) is 12.3 Å². The van der Waals surface area contributed by atoms with Gasteiger partial charge in [0.05, 0.1) is 23.9 Å². The van der Waals surface area contributed by atoms with E-state index in [1.165, 1.54) is 11.3 Å². The first-order valence-corrected chi connectivity index (χ1v) is 9.87. The molecular weight excluding hydrogens is 364 g/mol. The second-order valence-corrected chi connectivity index (χ2v) is 7.60. The van der Waals surface area contributed by atoms with Crippen LogP contribution in [0.15, 0.2) is 58.4 Å². The molecule has 0 aliphatic carbocycles. The first kappa shape index (κ1) is 18.3. The van der Waals surface area contributed by atoms with Crippen LogP contribution in [0.2, 0.25) is 0 Å². The number of carbonyl (C=O) groups excluding carboxylic acids is 1. The summed E-state index contributed by atoms with van der Waals surface area (Å²) in [6.45, 7) is 0.372. The fourth-order valence-corrected chi connectivity index (χ4v) is 4.38. The zero-order valence-electron chi connectivity index (χ0n) is 14.3. The lowest BCUT2D eigenvalue weighted by Gasteiger charge is -2.02. The number of ether oxygens (including phenoxy) is 1. The number of thiazole rings is 1. The van der Waals surface area contributed by atoms with E-state index in [9.17, 15) is 4.79 Å². The number of thioether (sulfide) groups is 1. The highest BCUT2D eigenvalue weighted by Crippen LogP contribution is 2.23. The fraction of sp³-hybridized carbons (Fsp3) is 0.200. The molecule has 6 heteroatoms. The number of aromatic nitrogens is 1. The van der Waals surface area contributed by atoms with Crippen molar-refractivity contribution in [2.24, 2.45) is 4.99 Å². The molecule has 0 spiro atoms. The molecule has 0 radical (unpaired) electrons. The molecule has 0 saturated carbocycles. The predicted octanol–water partition coefficient (Wildman–Crippen LogP) is 3.95. The van der Waals surface area contributed by atoms with E-state index in [0.29, 0.717) is 23.5 Å². The summed E-state index contributed by atoms with van der Waals surface area (Å²) < 4.78 is 8.15. The third kappa shape index (κ3) is 4.37. The zero-order valence-corrected chi connectivity index (χ0v) is 16.0. The van der Waals surface area contributed by atoms with Crippen molar-refractivity contribution in [2.75, 3.05) is 12.9 Å². The molecule has 0 unspecified atom stereocenters. The number of hydrogen-bond donors (Lipinski definition) is 0. The van der Waals surface area contributed by atoms with Gasteiger partial charge in [-0.25, -0.2) is 0 Å². The van der Waals surface area contributed by atoms with Gasteiger partial charge in [0.1, 0.15) is 5.75 Å². The fourth-order valence-electron chi connectivity index (χ4n) is 2.45. The SMILES string of the molecule is C#CCn1c(=NC(=O)CCSc2ccccc2)sc2cc(OC)ccc21. The molecule has 0 aliphatic rings. The molecule has 1 amide bonds. The van der Waals surface area contributed by atoms with Crippen LogP contribution in [0.4, 0.5) is 0 Å². The number of hydrogen-bond acceptors (Lipinski definition) is 4. The normalized spacial score (nSPS) is 11.5. The van der Waals surface area contributed by atoms with Gasteiger partial charge in [0, 0.05) is 17.1 Å². The van der Waals surface area contributed by atoms with E-state index in [-0.39, 0.29) is 5.91 Å². The summed E-state index contributed by atoms with van der Waals surface area (Å²) in [5.41, 5.74) is 0.957. The van der Waals surface area contributed by atoms with Gasteiger partial charge in [-0.2, -0.15) is 4.99 Å². The van der Waals surface area contributed by atoms with Gasteiger partial charge >= 0.3 is 0 Å². The van der Waals surface area contributed by atoms with Crippen molar-refractivity contribution >= 4 is 39.2 Å². The Morgan fingerprint density at radius 2 is 2.12 bits per heavy atom. The van der Waals surface area contributed by atoms with Crippen LogP contribution < -0.4 is 9.54 Å². The standard InChI is InChI=1S/C20H18N2O2S2/c1-3-12-22-17-10-9-15(24-2)14-18(17)26-20(22)21-19(23)11-13-25-16-7-5-4-6-8-16/h1,4-10,14H,11-13H2,2H3. The Morgan fingerprint density at radius 1 is 1.31 bits per heavy atom. The Kier molecular flexibility index (Phi) is 6.16. The number of nitrogens with zero attached hydrogens (tertiary/aromatic N) is 2. The van der Waals surface area contributed by atoms with Crippen molar-refractivity contribution in [3.05, 3.63) is 53.3 Å². The Morgan fingerprint density at radius 3 is 2.85 bits per heavy atom. The number of fused-ring (bicyclic) bond motifs is 1. The molecule has 132 valence electrons. The molecule has 3 rings (SSSR count). The van der Waals surface area contributed by atoms with Crippen molar-refractivity contribution in [1.82, 2.24) is 4.57 Å². The van der Waals surface area contributed by atoms with E-state index < -0.39 is 0 Å². The molecule has 0 fully saturated rings. The molecule has 1 aromatic heterocycles. The van der Waals surface area contributed by atoms with E-state index in [4.69, 9.17) is 11.2 Å². The molecule has 2 aromatic carbocycles. The van der Waals surface area contributed by atoms with Crippen LogP contribution in [-0.4, -0.2) is 23.3 Å². The summed E-state index contributed by atoms with van der Waals surface area (Å²) in [7, 11) is 1.63. The van der Waals surface area contributed by atoms with Crippen LogP contribution in [-0.2, 0) is 11.3 Å². The number of rotatable bonds is 6. The van der Waals surface area contributed by atoms with Crippen LogP contribution in [0.3, 0.4) is 0 Å². The first-order chi connectivity index (χ1) is 12.7. The summed E-state index contributed by atoms with van der Waals surface area (Å²) in [6.07, 6.45) is 5.87. The third-order valence-electron chi connectivity index (χ3n) is 3.69. The average molecular weight is 383 g/mol. The second-order valence-electron chi connectivity index (χ2n) is 5.43. The maximum atomic E-state index is 12.3. The quantitative estimate of drug-likeness (QED) is 0.479. The number of carbonyl (C=O) groups is 1. The highest BCUT2D eigenvalue weighted by Gasteiger charge is 2.08. The molecule has 26 heavy (non-hydrogen) atoms. The second kappa shape index (κ2) is 8.75. The molecule has 0 N–H and O–H groups in total. The van der Waals surface area contributed by atoms with E-state index >= 15 is 0 Å².